The third-order valence-electron chi connectivity index (χ3n) is 1.76. The van der Waals surface area contributed by atoms with Gasteiger partial charge in [-0.15, -0.1) is 0 Å². The molecule has 0 amide bonds. The number of rotatable bonds is 5. The summed E-state index contributed by atoms with van der Waals surface area (Å²) in [6.45, 7) is 0.719. The molecule has 1 rings (SSSR count). The largest absolute Gasteiger partial charge is 0.488 e. The van der Waals surface area contributed by atoms with Crippen molar-refractivity contribution in [2.45, 2.75) is 0 Å². The molecular weight excluding hydrogens is 217 g/mol. The molecule has 0 aliphatic carbocycles. The van der Waals surface area contributed by atoms with Gasteiger partial charge in [0.25, 0.3) is 0 Å². The Bertz CT molecular complexity index is 357. The molecule has 0 aliphatic rings. The van der Waals surface area contributed by atoms with Gasteiger partial charge in [0.1, 0.15) is 11.6 Å². The van der Waals surface area contributed by atoms with Crippen LogP contribution in [0.3, 0.4) is 0 Å². The Morgan fingerprint density at radius 2 is 2.20 bits per heavy atom. The van der Waals surface area contributed by atoms with E-state index in [2.05, 4.69) is 0 Å². The number of methoxy groups -OCH3 is 1. The summed E-state index contributed by atoms with van der Waals surface area (Å²) in [5.41, 5.74) is 5.85. The van der Waals surface area contributed by atoms with Crippen LogP contribution in [0, 0.1) is 5.82 Å². The van der Waals surface area contributed by atoms with Crippen molar-refractivity contribution < 1.29 is 13.9 Å². The first kappa shape index (κ1) is 11.9. The number of hydrogen-bond donors (Lipinski definition) is 1. The summed E-state index contributed by atoms with van der Waals surface area (Å²) in [6.07, 6.45) is 0. The molecule has 1 aromatic rings. The Morgan fingerprint density at radius 1 is 1.47 bits per heavy atom. The fourth-order valence-corrected chi connectivity index (χ4v) is 1.13. The predicted octanol–water partition coefficient (Wildman–Crippen LogP) is 1.49. The Hall–Kier alpha value is -1.20. The van der Waals surface area contributed by atoms with Crippen molar-refractivity contribution in [2.75, 3.05) is 20.3 Å². The molecule has 0 saturated carbocycles. The molecule has 0 unspecified atom stereocenters. The van der Waals surface area contributed by atoms with Crippen molar-refractivity contribution in [2.24, 2.45) is 5.73 Å². The average molecular weight is 229 g/mol. The van der Waals surface area contributed by atoms with Crippen molar-refractivity contribution in [3.63, 3.8) is 0 Å². The van der Waals surface area contributed by atoms with Gasteiger partial charge in [-0.25, -0.2) is 4.39 Å². The summed E-state index contributed by atoms with van der Waals surface area (Å²) in [7, 11) is 1.55. The monoisotopic (exact) mass is 229 g/mol. The molecule has 0 radical (unpaired) electrons. The minimum atomic E-state index is -0.476. The van der Waals surface area contributed by atoms with Gasteiger partial charge >= 0.3 is 0 Å². The lowest BCUT2D eigenvalue weighted by Crippen LogP contribution is -2.10. The third kappa shape index (κ3) is 3.45. The zero-order valence-electron chi connectivity index (χ0n) is 8.33. The van der Waals surface area contributed by atoms with Crippen molar-refractivity contribution in [3.8, 4) is 5.75 Å². The maximum Gasteiger partial charge on any atom is 0.165 e. The van der Waals surface area contributed by atoms with E-state index in [1.54, 1.807) is 13.2 Å². The number of benzene rings is 1. The highest BCUT2D eigenvalue weighted by atomic mass is 32.1. The van der Waals surface area contributed by atoms with Crippen LogP contribution in [0.15, 0.2) is 18.2 Å². The molecule has 5 heteroatoms. The van der Waals surface area contributed by atoms with Gasteiger partial charge in [-0.2, -0.15) is 0 Å². The Morgan fingerprint density at radius 3 is 2.73 bits per heavy atom. The van der Waals surface area contributed by atoms with Crippen molar-refractivity contribution in [1.82, 2.24) is 0 Å². The van der Waals surface area contributed by atoms with Crippen LogP contribution in [0.25, 0.3) is 0 Å². The maximum atomic E-state index is 13.4. The number of halogens is 1. The predicted molar refractivity (Wildman–Crippen MR) is 59.7 cm³/mol. The molecule has 0 atom stereocenters. The van der Waals surface area contributed by atoms with Crippen LogP contribution in [-0.4, -0.2) is 25.3 Å². The fourth-order valence-electron chi connectivity index (χ4n) is 1.01. The van der Waals surface area contributed by atoms with Gasteiger partial charge < -0.3 is 15.2 Å². The minimum Gasteiger partial charge on any atom is -0.488 e. The van der Waals surface area contributed by atoms with E-state index in [0.717, 1.165) is 0 Å². The summed E-state index contributed by atoms with van der Waals surface area (Å²) >= 11 is 4.72. The second-order valence-corrected chi connectivity index (χ2v) is 3.29. The van der Waals surface area contributed by atoms with E-state index >= 15 is 0 Å². The summed E-state index contributed by atoms with van der Waals surface area (Å²) < 4.78 is 23.3. The zero-order chi connectivity index (χ0) is 11.3. The van der Waals surface area contributed by atoms with E-state index in [4.69, 9.17) is 27.4 Å². The van der Waals surface area contributed by atoms with Crippen molar-refractivity contribution >= 4 is 17.2 Å². The normalized spacial score (nSPS) is 10.0. The van der Waals surface area contributed by atoms with Crippen LogP contribution in [-0.2, 0) is 4.74 Å². The average Bonchev–Trinajstić information content (AvgIpc) is 2.20. The molecule has 0 saturated heterocycles. The van der Waals surface area contributed by atoms with E-state index in [1.807, 2.05) is 0 Å². The van der Waals surface area contributed by atoms with Gasteiger partial charge in [-0.1, -0.05) is 12.2 Å². The number of thiocarbonyl (C=S) groups is 1. The molecule has 0 bridgehead atoms. The molecule has 0 aromatic heterocycles. The summed E-state index contributed by atoms with van der Waals surface area (Å²) in [5.74, 6) is -0.302. The SMILES string of the molecule is COCCOc1ccc(C(N)=S)cc1F. The van der Waals surface area contributed by atoms with Gasteiger partial charge in [0.2, 0.25) is 0 Å². The van der Waals surface area contributed by atoms with Crippen LogP contribution >= 0.6 is 12.2 Å². The molecule has 82 valence electrons. The summed E-state index contributed by atoms with van der Waals surface area (Å²) in [6, 6.07) is 4.37. The molecule has 0 spiro atoms. The van der Waals surface area contributed by atoms with Gasteiger partial charge in [-0.05, 0) is 18.2 Å². The summed E-state index contributed by atoms with van der Waals surface area (Å²) in [5, 5.41) is 0. The van der Waals surface area contributed by atoms with Crippen LogP contribution in [0.4, 0.5) is 4.39 Å². The van der Waals surface area contributed by atoms with Crippen LogP contribution < -0.4 is 10.5 Å². The Labute approximate surface area is 93.0 Å². The number of ether oxygens (including phenoxy) is 2. The van der Waals surface area contributed by atoms with Gasteiger partial charge in [-0.3, -0.25) is 0 Å². The summed E-state index contributed by atoms with van der Waals surface area (Å²) in [4.78, 5) is 0.164. The molecular formula is C10H12FNO2S. The van der Waals surface area contributed by atoms with E-state index in [9.17, 15) is 4.39 Å². The lowest BCUT2D eigenvalue weighted by molar-refractivity contribution is 0.144. The third-order valence-corrected chi connectivity index (χ3v) is 2.00. The maximum absolute atomic E-state index is 13.4. The highest BCUT2D eigenvalue weighted by Crippen LogP contribution is 2.18. The molecule has 0 fully saturated rings. The first-order valence-electron chi connectivity index (χ1n) is 4.36. The van der Waals surface area contributed by atoms with Crippen molar-refractivity contribution in [1.29, 1.82) is 0 Å². The number of nitrogens with two attached hydrogens (primary N) is 1. The van der Waals surface area contributed by atoms with E-state index in [1.165, 1.54) is 12.1 Å². The van der Waals surface area contributed by atoms with Crippen LogP contribution in [0.2, 0.25) is 0 Å². The molecule has 0 heterocycles. The zero-order valence-corrected chi connectivity index (χ0v) is 9.14. The topological polar surface area (TPSA) is 44.5 Å². The van der Waals surface area contributed by atoms with E-state index in [-0.39, 0.29) is 10.7 Å². The highest BCUT2D eigenvalue weighted by Gasteiger charge is 2.05. The Balaban J connectivity index is 2.70. The first-order valence-corrected chi connectivity index (χ1v) is 4.77. The standard InChI is InChI=1S/C10H12FNO2S/c1-13-4-5-14-9-3-2-7(10(12)15)6-8(9)11/h2-3,6H,4-5H2,1H3,(H2,12,15). The lowest BCUT2D eigenvalue weighted by atomic mass is 10.2. The van der Waals surface area contributed by atoms with Gasteiger partial charge in [0, 0.05) is 12.7 Å². The quantitative estimate of drug-likeness (QED) is 0.613. The molecule has 1 aromatic carbocycles. The van der Waals surface area contributed by atoms with Crippen LogP contribution in [0.1, 0.15) is 5.56 Å². The van der Waals surface area contributed by atoms with Gasteiger partial charge in [0.05, 0.1) is 6.61 Å². The van der Waals surface area contributed by atoms with Crippen molar-refractivity contribution in [3.05, 3.63) is 29.6 Å². The molecule has 3 nitrogen and oxygen atoms in total. The van der Waals surface area contributed by atoms with E-state index in [0.29, 0.717) is 18.8 Å². The molecule has 0 aliphatic heterocycles. The highest BCUT2D eigenvalue weighted by molar-refractivity contribution is 7.80. The fraction of sp³-hybridized carbons (Fsp3) is 0.300. The smallest absolute Gasteiger partial charge is 0.165 e. The molecule has 15 heavy (non-hydrogen) atoms. The van der Waals surface area contributed by atoms with Crippen LogP contribution in [0.5, 0.6) is 5.75 Å². The lowest BCUT2D eigenvalue weighted by Gasteiger charge is -2.07. The van der Waals surface area contributed by atoms with Gasteiger partial charge in [0.15, 0.2) is 11.6 Å². The number of hydrogen-bond acceptors (Lipinski definition) is 3. The Kier molecular flexibility index (Phi) is 4.45. The first-order chi connectivity index (χ1) is 7.15. The van der Waals surface area contributed by atoms with E-state index < -0.39 is 5.82 Å². The molecule has 2 N–H and O–H groups in total. The second-order valence-electron chi connectivity index (χ2n) is 2.85. The second kappa shape index (κ2) is 5.63. The minimum absolute atomic E-state index is 0.164.